The minimum Gasteiger partial charge on any atom is -1.00 e. The number of hydrogen-bond acceptors (Lipinski definition) is 10. The first kappa shape index (κ1) is 96.3. The van der Waals surface area contributed by atoms with Crippen LogP contribution in [0.15, 0.2) is 181 Å². The van der Waals surface area contributed by atoms with Gasteiger partial charge in [0.15, 0.2) is 23.0 Å². The van der Waals surface area contributed by atoms with Crippen molar-refractivity contribution in [3.8, 4) is 23.0 Å². The molecule has 96 heavy (non-hydrogen) atoms. The Balaban J connectivity index is -0.00000123. The Hall–Kier alpha value is -3.86. The van der Waals surface area contributed by atoms with Gasteiger partial charge >= 0.3 is 35.0 Å². The van der Waals surface area contributed by atoms with Gasteiger partial charge in [0.2, 0.25) is 0 Å². The van der Waals surface area contributed by atoms with E-state index in [1.165, 1.54) is 64.4 Å². The predicted octanol–water partition coefficient (Wildman–Crippen LogP) is 7.92. The third kappa shape index (κ3) is 37.5. The van der Waals surface area contributed by atoms with Crippen LogP contribution in [0, 0.1) is 54.3 Å². The molecule has 0 aliphatic heterocycles. The molecule has 0 unspecified atom stereocenters. The molecule has 0 aromatic heterocycles. The molecular weight excluding hydrogens is 1380 g/mol. The molecule has 10 nitrogen and oxygen atoms in total. The van der Waals surface area contributed by atoms with E-state index in [1.54, 1.807) is 34.5 Å². The SMILES string of the molecule is COC(=O)[C@@H](C/C=C/Cl)C(C)C.COCCCOc1cc(C[C@@H](C/C=C/C[C@H](C(=O)OC)C(C)C)C(C)C)ccc1OC.[CH2-][C@H](Cc1ccc(OC)c(OCCCOC)c1)C(C)C.[Cl-].[Cl-].[Cl-].[Mg+2].[Ni].c1ccc(P(CCP(c2ccccc2)c2ccccc2)c2ccccc2)cc1. The monoisotopic (exact) mass is 1490 g/mol. The maximum atomic E-state index is 11.9. The van der Waals surface area contributed by atoms with E-state index in [-0.39, 0.29) is 128 Å². The van der Waals surface area contributed by atoms with E-state index in [9.17, 15) is 9.59 Å². The van der Waals surface area contributed by atoms with Crippen molar-refractivity contribution in [3.63, 3.8) is 0 Å². The molecule has 6 aromatic rings. The van der Waals surface area contributed by atoms with Crippen molar-refractivity contribution in [2.24, 2.45) is 47.3 Å². The zero-order valence-corrected chi connectivity index (χ0v) is 66.6. The normalized spacial score (nSPS) is 11.9. The van der Waals surface area contributed by atoms with Gasteiger partial charge in [-0.05, 0) is 134 Å². The molecule has 6 rings (SSSR count). The number of rotatable bonds is 35. The maximum absolute atomic E-state index is 11.9. The first-order valence-electron chi connectivity index (χ1n) is 32.2. The fraction of sp³-hybridized carbons (Fsp3) is 0.449. The quantitative estimate of drug-likeness (QED) is 0.00974. The number of allylic oxidation sites excluding steroid dienone is 3. The van der Waals surface area contributed by atoms with Crippen LogP contribution >= 0.6 is 27.4 Å². The topological polar surface area (TPSA) is 108 Å². The molecule has 0 fully saturated rings. The van der Waals surface area contributed by atoms with Crippen molar-refractivity contribution in [2.45, 2.75) is 100 Å². The van der Waals surface area contributed by atoms with E-state index < -0.39 is 0 Å². The number of hydrogen-bond donors (Lipinski definition) is 0. The van der Waals surface area contributed by atoms with Crippen LogP contribution in [0.25, 0.3) is 0 Å². The molecule has 0 saturated carbocycles. The number of esters is 2. The Morgan fingerprint density at radius 3 is 1.09 bits per heavy atom. The van der Waals surface area contributed by atoms with Crippen LogP contribution in [-0.2, 0) is 57.9 Å². The van der Waals surface area contributed by atoms with Gasteiger partial charge in [-0.25, -0.2) is 0 Å². The molecular formula is C78H108Cl4MgNiO10P2-2. The minimum atomic E-state index is -0.348. The van der Waals surface area contributed by atoms with Crippen LogP contribution in [0.1, 0.15) is 98.6 Å². The molecule has 532 valence electrons. The van der Waals surface area contributed by atoms with Crippen molar-refractivity contribution in [1.29, 1.82) is 0 Å². The van der Waals surface area contributed by atoms with Crippen molar-refractivity contribution in [2.75, 3.05) is 81.4 Å². The third-order valence-corrected chi connectivity index (χ3v) is 21.3. The van der Waals surface area contributed by atoms with E-state index in [4.69, 9.17) is 44.8 Å². The molecule has 0 bridgehead atoms. The number of ether oxygens (including phenoxy) is 8. The van der Waals surface area contributed by atoms with Gasteiger partial charge in [0.25, 0.3) is 0 Å². The summed E-state index contributed by atoms with van der Waals surface area (Å²) in [6.45, 7) is 23.8. The third-order valence-electron chi connectivity index (χ3n) is 15.7. The van der Waals surface area contributed by atoms with Crippen LogP contribution in [-0.4, -0.2) is 116 Å². The van der Waals surface area contributed by atoms with Crippen molar-refractivity contribution >= 4 is 83.7 Å². The second kappa shape index (κ2) is 57.9. The van der Waals surface area contributed by atoms with Crippen molar-refractivity contribution in [1.82, 2.24) is 0 Å². The number of carbonyl (C=O) groups is 2. The van der Waals surface area contributed by atoms with Crippen molar-refractivity contribution < 1.29 is 101 Å². The summed E-state index contributed by atoms with van der Waals surface area (Å²) >= 11 is 5.37. The maximum Gasteiger partial charge on any atom is 2.00 e. The molecule has 0 radical (unpaired) electrons. The average molecular weight is 1490 g/mol. The van der Waals surface area contributed by atoms with E-state index in [0.717, 1.165) is 61.5 Å². The Morgan fingerprint density at radius 2 is 0.792 bits per heavy atom. The summed E-state index contributed by atoms with van der Waals surface area (Å²) in [5.74, 6) is 5.23. The largest absolute Gasteiger partial charge is 2.00 e. The summed E-state index contributed by atoms with van der Waals surface area (Å²) in [4.78, 5) is 23.1. The predicted molar refractivity (Wildman–Crippen MR) is 392 cm³/mol. The first-order chi connectivity index (χ1) is 44.0. The number of halogens is 4. The van der Waals surface area contributed by atoms with Gasteiger partial charge in [0.05, 0.1) is 53.5 Å². The van der Waals surface area contributed by atoms with Gasteiger partial charge in [0, 0.05) is 62.3 Å². The average Bonchev–Trinajstić information content (AvgIpc) is 0.909. The molecule has 0 aliphatic carbocycles. The van der Waals surface area contributed by atoms with E-state index in [2.05, 4.69) is 211 Å². The summed E-state index contributed by atoms with van der Waals surface area (Å²) in [7, 11) is 8.88. The fourth-order valence-electron chi connectivity index (χ4n) is 9.87. The second-order valence-corrected chi connectivity index (χ2v) is 28.6. The van der Waals surface area contributed by atoms with Gasteiger partial charge in [-0.15, -0.1) is 0 Å². The molecule has 4 atom stereocenters. The Kier molecular flexibility index (Phi) is 58.0. The van der Waals surface area contributed by atoms with E-state index >= 15 is 0 Å². The summed E-state index contributed by atoms with van der Waals surface area (Å²) in [6, 6.07) is 56.5. The Bertz CT molecular complexity index is 2770. The number of carbonyl (C=O) groups excluding carboxylic acids is 2. The van der Waals surface area contributed by atoms with Gasteiger partial charge in [0.1, 0.15) is 0 Å². The van der Waals surface area contributed by atoms with Gasteiger partial charge in [-0.2, -0.15) is 5.92 Å². The van der Waals surface area contributed by atoms with Gasteiger partial charge in [-0.3, -0.25) is 9.59 Å². The molecule has 0 aliphatic rings. The Labute approximate surface area is 631 Å². The zero-order chi connectivity index (χ0) is 66.8. The molecule has 0 N–H and O–H groups in total. The smallest absolute Gasteiger partial charge is 1.00 e. The van der Waals surface area contributed by atoms with E-state index in [0.29, 0.717) is 56.5 Å². The minimum absolute atomic E-state index is 0. The molecule has 0 heterocycles. The summed E-state index contributed by atoms with van der Waals surface area (Å²) in [6.07, 6.45) is 14.5. The van der Waals surface area contributed by atoms with Crippen LogP contribution in [0.4, 0.5) is 0 Å². The summed E-state index contributed by atoms with van der Waals surface area (Å²) < 4.78 is 42.2. The van der Waals surface area contributed by atoms with E-state index in [1.807, 2.05) is 26.0 Å². The summed E-state index contributed by atoms with van der Waals surface area (Å²) in [5.41, 5.74) is 3.91. The summed E-state index contributed by atoms with van der Waals surface area (Å²) in [5, 5.41) is 5.89. The van der Waals surface area contributed by atoms with Crippen molar-refractivity contribution in [3.05, 3.63) is 200 Å². The first-order valence-corrected chi connectivity index (χ1v) is 35.7. The van der Waals surface area contributed by atoms with Gasteiger partial charge < -0.3 is 82.0 Å². The Morgan fingerprint density at radius 1 is 0.448 bits per heavy atom. The standard InChI is InChI=1S/C26H42O5.C26H24P2.C17H27O3.C9H15ClO2.3ClH.Mg.Ni/c1-19(2)22(11-8-9-12-23(20(3)4)26(27)30-7)17-21-13-14-24(29-6)25(18-21)31-16-10-15-28-5;1-5-13-23(14-6-1)27(24-15-7-2-8-16-24)21-22-28(25-17-9-3-10-18-25)26-19-11-4-12-20-26;1-13(2)14(3)11-15-7-8-16(19-5)17(12-15)20-10-6-9-18-4;1-7(2)8(5-4-6-10)9(11)12-3;;;;;/h8-9,13-14,18-20,22-23H,10-12,15-17H2,1-7H3;1-20H,21-22H2;7-8,12-14H,3,6,9-11H2,1-2,4-5H3;4,6-8H,5H2,1-3H3;3*1H;;/q;;-1;;;;;+2;/p-3/b9-8+;;;6-4+;;;;;/t22-,23+;;14-;8-;;;;;/m1.10...../s1. The molecule has 0 spiro atoms. The number of methoxy groups -OCH3 is 6. The second-order valence-electron chi connectivity index (χ2n) is 23.7. The van der Waals surface area contributed by atoms with Crippen LogP contribution < -0.4 is 77.4 Å². The molecule has 0 saturated heterocycles. The molecule has 0 amide bonds. The van der Waals surface area contributed by atoms with Crippen LogP contribution in [0.2, 0.25) is 0 Å². The zero-order valence-electron chi connectivity index (χ0n) is 59.4. The van der Waals surface area contributed by atoms with Gasteiger partial charge in [-0.1, -0.05) is 231 Å². The molecule has 18 heteroatoms. The van der Waals surface area contributed by atoms with Crippen LogP contribution in [0.5, 0.6) is 23.0 Å². The number of benzene rings is 6. The fourth-order valence-corrected chi connectivity index (χ4v) is 15.3. The van der Waals surface area contributed by atoms with Crippen LogP contribution in [0.3, 0.4) is 0 Å². The molecule has 6 aromatic carbocycles.